The van der Waals surface area contributed by atoms with Crippen molar-refractivity contribution in [2.75, 3.05) is 11.9 Å². The summed E-state index contributed by atoms with van der Waals surface area (Å²) in [7, 11) is 0. The van der Waals surface area contributed by atoms with Gasteiger partial charge >= 0.3 is 0 Å². The van der Waals surface area contributed by atoms with Crippen LogP contribution in [-0.2, 0) is 5.41 Å². The van der Waals surface area contributed by atoms with Crippen LogP contribution in [0.25, 0.3) is 0 Å². The third kappa shape index (κ3) is 1.61. The van der Waals surface area contributed by atoms with E-state index in [-0.39, 0.29) is 24.1 Å². The number of fused-ring (bicyclic) bond motifs is 2. The lowest BCUT2D eigenvalue weighted by atomic mass is 9.69. The molecule has 0 aromatic heterocycles. The van der Waals surface area contributed by atoms with Crippen molar-refractivity contribution in [3.05, 3.63) is 29.6 Å². The van der Waals surface area contributed by atoms with E-state index in [0.29, 0.717) is 25.1 Å². The standard InChI is InChI=1S/C13H14F3N/c14-10-3-1-2-9-11(10)17-8-12(9)4-6-13(15,16)7-5-12/h1-3,17H,4-8H2. The minimum absolute atomic E-state index is 0.0926. The first kappa shape index (κ1) is 10.9. The van der Waals surface area contributed by atoms with Gasteiger partial charge in [-0.2, -0.15) is 0 Å². The normalized spacial score (nSPS) is 24.4. The predicted molar refractivity (Wildman–Crippen MR) is 60.0 cm³/mol. The molecule has 4 heteroatoms. The van der Waals surface area contributed by atoms with Crippen molar-refractivity contribution in [1.29, 1.82) is 0 Å². The minimum atomic E-state index is -2.54. The second-order valence-corrected chi connectivity index (χ2v) is 5.15. The molecule has 1 N–H and O–H groups in total. The Balaban J connectivity index is 1.96. The van der Waals surface area contributed by atoms with Crippen molar-refractivity contribution in [3.63, 3.8) is 0 Å². The van der Waals surface area contributed by atoms with Crippen LogP contribution in [0.4, 0.5) is 18.9 Å². The van der Waals surface area contributed by atoms with Gasteiger partial charge in [0.1, 0.15) is 5.82 Å². The Morgan fingerprint density at radius 3 is 2.47 bits per heavy atom. The van der Waals surface area contributed by atoms with E-state index in [1.165, 1.54) is 6.07 Å². The summed E-state index contributed by atoms with van der Waals surface area (Å²) < 4.78 is 40.0. The fraction of sp³-hybridized carbons (Fsp3) is 0.538. The highest BCUT2D eigenvalue weighted by Gasteiger charge is 2.47. The van der Waals surface area contributed by atoms with Crippen molar-refractivity contribution in [2.24, 2.45) is 0 Å². The maximum Gasteiger partial charge on any atom is 0.248 e. The zero-order valence-corrected chi connectivity index (χ0v) is 9.40. The predicted octanol–water partition coefficient (Wildman–Crippen LogP) is 3.70. The third-order valence-electron chi connectivity index (χ3n) is 4.13. The maximum absolute atomic E-state index is 13.6. The van der Waals surface area contributed by atoms with Crippen LogP contribution < -0.4 is 5.32 Å². The van der Waals surface area contributed by atoms with Crippen LogP contribution in [0.2, 0.25) is 0 Å². The molecule has 1 aliphatic heterocycles. The Hall–Kier alpha value is -1.19. The molecule has 0 bridgehead atoms. The summed E-state index contributed by atoms with van der Waals surface area (Å²) in [5, 5.41) is 3.04. The molecule has 1 aromatic carbocycles. The lowest BCUT2D eigenvalue weighted by Crippen LogP contribution is -2.37. The highest BCUT2D eigenvalue weighted by Crippen LogP contribution is 2.50. The SMILES string of the molecule is Fc1cccc2c1NCC21CCC(F)(F)CC1. The topological polar surface area (TPSA) is 12.0 Å². The first-order valence-electron chi connectivity index (χ1n) is 5.93. The van der Waals surface area contributed by atoms with Crippen LogP contribution in [0.15, 0.2) is 18.2 Å². The number of halogens is 3. The third-order valence-corrected chi connectivity index (χ3v) is 4.13. The molecule has 3 rings (SSSR count). The first-order valence-corrected chi connectivity index (χ1v) is 5.93. The van der Waals surface area contributed by atoms with Gasteiger partial charge in [0.05, 0.1) is 5.69 Å². The van der Waals surface area contributed by atoms with Crippen molar-refractivity contribution in [2.45, 2.75) is 37.0 Å². The van der Waals surface area contributed by atoms with E-state index in [4.69, 9.17) is 0 Å². The largest absolute Gasteiger partial charge is 0.382 e. The van der Waals surface area contributed by atoms with E-state index < -0.39 is 5.92 Å². The van der Waals surface area contributed by atoms with Crippen LogP contribution in [0.1, 0.15) is 31.2 Å². The molecule has 1 saturated carbocycles. The van der Waals surface area contributed by atoms with E-state index in [9.17, 15) is 13.2 Å². The van der Waals surface area contributed by atoms with Gasteiger partial charge in [0, 0.05) is 24.8 Å². The second-order valence-electron chi connectivity index (χ2n) is 5.15. The fourth-order valence-corrected chi connectivity index (χ4v) is 3.04. The molecule has 1 heterocycles. The number of para-hydroxylation sites is 1. The Kier molecular flexibility index (Phi) is 2.19. The summed E-state index contributed by atoms with van der Waals surface area (Å²) in [5.41, 5.74) is 1.12. The van der Waals surface area contributed by atoms with Gasteiger partial charge in [0.25, 0.3) is 0 Å². The zero-order chi connectivity index (χ0) is 12.1. The number of nitrogens with one attached hydrogen (secondary N) is 1. The van der Waals surface area contributed by atoms with E-state index >= 15 is 0 Å². The molecule has 92 valence electrons. The maximum atomic E-state index is 13.6. The Bertz CT molecular complexity index is 446. The number of alkyl halides is 2. The lowest BCUT2D eigenvalue weighted by Gasteiger charge is -2.37. The van der Waals surface area contributed by atoms with Crippen molar-refractivity contribution < 1.29 is 13.2 Å². The summed E-state index contributed by atoms with van der Waals surface area (Å²) in [6.45, 7) is 0.583. The number of rotatable bonds is 0. The smallest absolute Gasteiger partial charge is 0.248 e. The summed E-state index contributed by atoms with van der Waals surface area (Å²) in [6, 6.07) is 4.93. The van der Waals surface area contributed by atoms with Crippen LogP contribution in [-0.4, -0.2) is 12.5 Å². The van der Waals surface area contributed by atoms with E-state index in [2.05, 4.69) is 5.32 Å². The fourth-order valence-electron chi connectivity index (χ4n) is 3.04. The average Bonchev–Trinajstić information content (AvgIpc) is 2.65. The highest BCUT2D eigenvalue weighted by atomic mass is 19.3. The summed E-state index contributed by atoms with van der Waals surface area (Å²) >= 11 is 0. The van der Waals surface area contributed by atoms with E-state index in [1.807, 2.05) is 6.07 Å². The van der Waals surface area contributed by atoms with Gasteiger partial charge in [0.15, 0.2) is 0 Å². The van der Waals surface area contributed by atoms with Gasteiger partial charge in [-0.25, -0.2) is 13.2 Å². The highest BCUT2D eigenvalue weighted by molar-refractivity contribution is 5.61. The molecule has 1 fully saturated rings. The van der Waals surface area contributed by atoms with Crippen LogP contribution in [0.3, 0.4) is 0 Å². The van der Waals surface area contributed by atoms with Gasteiger partial charge < -0.3 is 5.32 Å². The molecule has 1 aliphatic carbocycles. The van der Waals surface area contributed by atoms with Crippen LogP contribution in [0, 0.1) is 5.82 Å². The monoisotopic (exact) mass is 241 g/mol. The average molecular weight is 241 g/mol. The molecule has 0 atom stereocenters. The van der Waals surface area contributed by atoms with E-state index in [0.717, 1.165) is 5.56 Å². The molecule has 17 heavy (non-hydrogen) atoms. The minimum Gasteiger partial charge on any atom is -0.382 e. The van der Waals surface area contributed by atoms with Gasteiger partial charge in [-0.1, -0.05) is 12.1 Å². The molecular weight excluding hydrogens is 227 g/mol. The van der Waals surface area contributed by atoms with Gasteiger partial charge in [-0.3, -0.25) is 0 Å². The molecule has 0 unspecified atom stereocenters. The second kappa shape index (κ2) is 3.40. The molecule has 1 spiro atoms. The zero-order valence-electron chi connectivity index (χ0n) is 9.40. The van der Waals surface area contributed by atoms with Crippen LogP contribution in [0.5, 0.6) is 0 Å². The number of hydrogen-bond donors (Lipinski definition) is 1. The number of anilines is 1. The van der Waals surface area contributed by atoms with Crippen molar-refractivity contribution in [1.82, 2.24) is 0 Å². The molecular formula is C13H14F3N. The van der Waals surface area contributed by atoms with Crippen molar-refractivity contribution in [3.8, 4) is 0 Å². The number of hydrogen-bond acceptors (Lipinski definition) is 1. The van der Waals surface area contributed by atoms with Crippen LogP contribution >= 0.6 is 0 Å². The van der Waals surface area contributed by atoms with Crippen molar-refractivity contribution >= 4 is 5.69 Å². The Morgan fingerprint density at radius 1 is 1.06 bits per heavy atom. The molecule has 1 nitrogen and oxygen atoms in total. The van der Waals surface area contributed by atoms with E-state index in [1.54, 1.807) is 6.07 Å². The number of benzene rings is 1. The lowest BCUT2D eigenvalue weighted by molar-refractivity contribution is -0.0496. The Morgan fingerprint density at radius 2 is 1.76 bits per heavy atom. The molecule has 0 saturated heterocycles. The molecule has 0 radical (unpaired) electrons. The molecule has 0 amide bonds. The first-order chi connectivity index (χ1) is 8.03. The van der Waals surface area contributed by atoms with Gasteiger partial charge in [-0.05, 0) is 24.5 Å². The van der Waals surface area contributed by atoms with Gasteiger partial charge in [-0.15, -0.1) is 0 Å². The molecule has 1 aromatic rings. The summed E-state index contributed by atoms with van der Waals surface area (Å²) in [5.74, 6) is -2.82. The summed E-state index contributed by atoms with van der Waals surface area (Å²) in [6.07, 6.45) is 0.683. The Labute approximate surface area is 98.0 Å². The van der Waals surface area contributed by atoms with Gasteiger partial charge in [0.2, 0.25) is 5.92 Å². The summed E-state index contributed by atoms with van der Waals surface area (Å²) in [4.78, 5) is 0. The quantitative estimate of drug-likeness (QED) is 0.730. The molecule has 2 aliphatic rings.